The van der Waals surface area contributed by atoms with Crippen molar-refractivity contribution in [1.29, 1.82) is 0 Å². The normalized spacial score (nSPS) is 10.6. The molecule has 0 aromatic heterocycles. The zero-order valence-electron chi connectivity index (χ0n) is 10.1. The van der Waals surface area contributed by atoms with Crippen molar-refractivity contribution >= 4 is 12.2 Å². The van der Waals surface area contributed by atoms with Gasteiger partial charge in [0.15, 0.2) is 0 Å². The minimum atomic E-state index is -0.159. The molecular formula is C11H21NO4. The second-order valence-electron chi connectivity index (χ2n) is 3.18. The molecule has 0 rings (SSSR count). The molecule has 0 aliphatic rings. The van der Waals surface area contributed by atoms with Crippen LogP contribution in [-0.2, 0) is 19.1 Å². The van der Waals surface area contributed by atoms with Crippen LogP contribution in [0.15, 0.2) is 5.16 Å². The summed E-state index contributed by atoms with van der Waals surface area (Å²) in [7, 11) is 1.65. The third-order valence-electron chi connectivity index (χ3n) is 1.76. The molecule has 0 fully saturated rings. The van der Waals surface area contributed by atoms with Gasteiger partial charge in [-0.3, -0.25) is 4.79 Å². The first-order valence-corrected chi connectivity index (χ1v) is 5.59. The van der Waals surface area contributed by atoms with Crippen LogP contribution in [0.1, 0.15) is 32.6 Å². The van der Waals surface area contributed by atoms with Crippen molar-refractivity contribution in [1.82, 2.24) is 0 Å². The van der Waals surface area contributed by atoms with Gasteiger partial charge in [0.2, 0.25) is 0 Å². The summed E-state index contributed by atoms with van der Waals surface area (Å²) in [4.78, 5) is 15.7. The lowest BCUT2D eigenvalue weighted by molar-refractivity contribution is -0.143. The van der Waals surface area contributed by atoms with E-state index in [1.165, 1.54) is 0 Å². The SMILES string of the molecule is CCC(=O)OCCC/C=N/OCCCOC. The van der Waals surface area contributed by atoms with Gasteiger partial charge in [-0.1, -0.05) is 12.1 Å². The lowest BCUT2D eigenvalue weighted by Crippen LogP contribution is -2.03. The van der Waals surface area contributed by atoms with Crippen LogP contribution in [0.5, 0.6) is 0 Å². The molecule has 0 saturated carbocycles. The fourth-order valence-electron chi connectivity index (χ4n) is 0.889. The highest BCUT2D eigenvalue weighted by Gasteiger charge is 1.95. The number of ether oxygens (including phenoxy) is 2. The lowest BCUT2D eigenvalue weighted by atomic mass is 10.3. The summed E-state index contributed by atoms with van der Waals surface area (Å²) in [5, 5.41) is 3.76. The summed E-state index contributed by atoms with van der Waals surface area (Å²) in [5.41, 5.74) is 0. The largest absolute Gasteiger partial charge is 0.466 e. The van der Waals surface area contributed by atoms with E-state index in [1.54, 1.807) is 20.2 Å². The van der Waals surface area contributed by atoms with Crippen molar-refractivity contribution < 1.29 is 19.1 Å². The van der Waals surface area contributed by atoms with Gasteiger partial charge < -0.3 is 14.3 Å². The summed E-state index contributed by atoms with van der Waals surface area (Å²) < 4.78 is 9.75. The number of unbranched alkanes of at least 4 members (excludes halogenated alkanes) is 1. The highest BCUT2D eigenvalue weighted by molar-refractivity contribution is 5.68. The van der Waals surface area contributed by atoms with Crippen LogP contribution >= 0.6 is 0 Å². The number of esters is 1. The van der Waals surface area contributed by atoms with Crippen molar-refractivity contribution in [2.24, 2.45) is 5.16 Å². The van der Waals surface area contributed by atoms with E-state index in [0.29, 0.717) is 26.2 Å². The molecule has 0 radical (unpaired) electrons. The first kappa shape index (κ1) is 14.9. The fraction of sp³-hybridized carbons (Fsp3) is 0.818. The molecule has 0 bridgehead atoms. The third kappa shape index (κ3) is 11.0. The number of hydrogen-bond donors (Lipinski definition) is 0. The van der Waals surface area contributed by atoms with Crippen LogP contribution in [0.25, 0.3) is 0 Å². The van der Waals surface area contributed by atoms with Crippen LogP contribution in [0, 0.1) is 0 Å². The van der Waals surface area contributed by atoms with Gasteiger partial charge in [0.05, 0.1) is 6.61 Å². The number of oxime groups is 1. The average Bonchev–Trinajstić information content (AvgIpc) is 2.31. The zero-order chi connectivity index (χ0) is 12.1. The van der Waals surface area contributed by atoms with Crippen molar-refractivity contribution in [2.45, 2.75) is 32.6 Å². The van der Waals surface area contributed by atoms with Gasteiger partial charge in [-0.05, 0) is 12.8 Å². The zero-order valence-corrected chi connectivity index (χ0v) is 10.1. The first-order chi connectivity index (χ1) is 7.81. The lowest BCUT2D eigenvalue weighted by Gasteiger charge is -2.00. The van der Waals surface area contributed by atoms with Crippen molar-refractivity contribution in [2.75, 3.05) is 26.9 Å². The van der Waals surface area contributed by atoms with Gasteiger partial charge >= 0.3 is 5.97 Å². The van der Waals surface area contributed by atoms with Gasteiger partial charge in [0.25, 0.3) is 0 Å². The topological polar surface area (TPSA) is 57.1 Å². The Hall–Kier alpha value is -1.10. The maximum atomic E-state index is 10.8. The molecule has 0 aliphatic carbocycles. The van der Waals surface area contributed by atoms with E-state index < -0.39 is 0 Å². The smallest absolute Gasteiger partial charge is 0.305 e. The quantitative estimate of drug-likeness (QED) is 0.249. The maximum Gasteiger partial charge on any atom is 0.305 e. The van der Waals surface area contributed by atoms with E-state index in [2.05, 4.69) is 5.16 Å². The molecule has 0 spiro atoms. The Morgan fingerprint density at radius 3 is 2.75 bits per heavy atom. The Balaban J connectivity index is 3.12. The number of methoxy groups -OCH3 is 1. The predicted octanol–water partition coefficient (Wildman–Crippen LogP) is 1.76. The molecule has 5 nitrogen and oxygen atoms in total. The molecule has 0 amide bonds. The van der Waals surface area contributed by atoms with E-state index in [0.717, 1.165) is 19.3 Å². The van der Waals surface area contributed by atoms with Crippen molar-refractivity contribution in [3.05, 3.63) is 0 Å². The second kappa shape index (κ2) is 12.0. The van der Waals surface area contributed by atoms with Gasteiger partial charge in [-0.2, -0.15) is 0 Å². The van der Waals surface area contributed by atoms with E-state index in [4.69, 9.17) is 14.3 Å². The van der Waals surface area contributed by atoms with E-state index >= 15 is 0 Å². The van der Waals surface area contributed by atoms with Gasteiger partial charge in [0.1, 0.15) is 6.61 Å². The van der Waals surface area contributed by atoms with E-state index in [1.807, 2.05) is 0 Å². The molecule has 0 saturated heterocycles. The molecule has 0 aromatic carbocycles. The Bertz CT molecular complexity index is 194. The maximum absolute atomic E-state index is 10.8. The van der Waals surface area contributed by atoms with E-state index in [-0.39, 0.29) is 5.97 Å². The summed E-state index contributed by atoms with van der Waals surface area (Å²) in [6, 6.07) is 0. The molecule has 0 unspecified atom stereocenters. The summed E-state index contributed by atoms with van der Waals surface area (Å²) in [5.74, 6) is -0.159. The van der Waals surface area contributed by atoms with Crippen LogP contribution in [0.3, 0.4) is 0 Å². The minimum Gasteiger partial charge on any atom is -0.466 e. The third-order valence-corrected chi connectivity index (χ3v) is 1.76. The number of nitrogens with zero attached hydrogens (tertiary/aromatic N) is 1. The van der Waals surface area contributed by atoms with E-state index in [9.17, 15) is 4.79 Å². The Kier molecular flexibility index (Phi) is 11.1. The summed E-state index contributed by atoms with van der Waals surface area (Å²) in [6.07, 6.45) is 4.48. The fourth-order valence-corrected chi connectivity index (χ4v) is 0.889. The molecule has 0 N–H and O–H groups in total. The monoisotopic (exact) mass is 231 g/mol. The Morgan fingerprint density at radius 2 is 2.06 bits per heavy atom. The van der Waals surface area contributed by atoms with Crippen LogP contribution < -0.4 is 0 Å². The Labute approximate surface area is 96.7 Å². The molecule has 0 atom stereocenters. The molecule has 16 heavy (non-hydrogen) atoms. The van der Waals surface area contributed by atoms with Crippen LogP contribution in [0.2, 0.25) is 0 Å². The molecular weight excluding hydrogens is 210 g/mol. The van der Waals surface area contributed by atoms with Gasteiger partial charge in [0, 0.05) is 32.8 Å². The highest BCUT2D eigenvalue weighted by atomic mass is 16.6. The summed E-state index contributed by atoms with van der Waals surface area (Å²) in [6.45, 7) is 3.47. The molecule has 0 aliphatic heterocycles. The Morgan fingerprint density at radius 1 is 1.25 bits per heavy atom. The highest BCUT2D eigenvalue weighted by Crippen LogP contribution is 1.91. The predicted molar refractivity (Wildman–Crippen MR) is 61.4 cm³/mol. The number of rotatable bonds is 10. The van der Waals surface area contributed by atoms with Crippen molar-refractivity contribution in [3.8, 4) is 0 Å². The molecule has 5 heteroatoms. The first-order valence-electron chi connectivity index (χ1n) is 5.59. The standard InChI is InChI=1S/C11H21NO4/c1-3-11(13)15-9-5-4-7-12-16-10-6-8-14-2/h7H,3-6,8-10H2,1-2H3/b12-7+. The molecule has 94 valence electrons. The number of carbonyl (C=O) groups is 1. The average molecular weight is 231 g/mol. The van der Waals surface area contributed by atoms with Crippen LogP contribution in [0.4, 0.5) is 0 Å². The second-order valence-corrected chi connectivity index (χ2v) is 3.18. The van der Waals surface area contributed by atoms with Crippen LogP contribution in [-0.4, -0.2) is 39.1 Å². The number of carbonyl (C=O) groups excluding carboxylic acids is 1. The minimum absolute atomic E-state index is 0.159. The van der Waals surface area contributed by atoms with Gasteiger partial charge in [-0.25, -0.2) is 0 Å². The molecule has 0 heterocycles. The van der Waals surface area contributed by atoms with Gasteiger partial charge in [-0.15, -0.1) is 0 Å². The summed E-state index contributed by atoms with van der Waals surface area (Å²) >= 11 is 0. The van der Waals surface area contributed by atoms with Crippen molar-refractivity contribution in [3.63, 3.8) is 0 Å². The molecule has 0 aromatic rings. The number of hydrogen-bond acceptors (Lipinski definition) is 5.